The molecular formula is C36H41N3O3. The second-order valence-electron chi connectivity index (χ2n) is 10.7. The number of hydrogen-bond donors (Lipinski definition) is 4. The zero-order valence-corrected chi connectivity index (χ0v) is 24.2. The van der Waals surface area contributed by atoms with Gasteiger partial charge in [-0.2, -0.15) is 0 Å². The molecule has 0 radical (unpaired) electrons. The van der Waals surface area contributed by atoms with E-state index in [-0.39, 0.29) is 0 Å². The average molecular weight is 564 g/mol. The van der Waals surface area contributed by atoms with Gasteiger partial charge in [-0.3, -0.25) is 10.1 Å². The molecule has 0 spiro atoms. The lowest BCUT2D eigenvalue weighted by Crippen LogP contribution is -2.49. The molecule has 0 saturated heterocycles. The minimum atomic E-state index is -1.05. The number of unbranched alkanes of at least 4 members (excludes halogenated alkanes) is 1. The van der Waals surface area contributed by atoms with E-state index in [9.17, 15) is 14.7 Å². The molecule has 0 fully saturated rings. The van der Waals surface area contributed by atoms with Crippen LogP contribution in [0.2, 0.25) is 0 Å². The van der Waals surface area contributed by atoms with E-state index in [1.54, 1.807) is 0 Å². The van der Waals surface area contributed by atoms with Gasteiger partial charge in [0.1, 0.15) is 6.04 Å². The van der Waals surface area contributed by atoms with Crippen molar-refractivity contribution in [2.75, 3.05) is 6.54 Å². The van der Waals surface area contributed by atoms with Crippen molar-refractivity contribution < 1.29 is 14.7 Å². The standard InChI is InChI=1S/C36H41N3O3/c1-2-27-21-23-31(24-22-27)36(29-16-8-4-9-17-29,30-18-10-5-11-19-30)38-25-13-12-20-33(35(41)42)39-34(40)32(37)26-28-14-6-3-7-15-28/h3-11,14-19,21-24,32-33,38H,2,12-13,20,25-26,37H2,1H3,(H,39,40)(H,41,42)/t32-,33-/m0/s1. The Morgan fingerprint density at radius 3 is 1.79 bits per heavy atom. The van der Waals surface area contributed by atoms with E-state index in [1.807, 2.05) is 42.5 Å². The Morgan fingerprint density at radius 2 is 1.26 bits per heavy atom. The number of rotatable bonds is 15. The Kier molecular flexibility index (Phi) is 11.0. The van der Waals surface area contributed by atoms with Crippen LogP contribution in [0.3, 0.4) is 0 Å². The third-order valence-corrected chi connectivity index (χ3v) is 7.77. The van der Waals surface area contributed by atoms with Crippen molar-refractivity contribution in [3.05, 3.63) is 143 Å². The zero-order valence-electron chi connectivity index (χ0n) is 24.2. The number of benzene rings is 4. The fourth-order valence-electron chi connectivity index (χ4n) is 5.42. The number of nitrogens with one attached hydrogen (secondary N) is 2. The molecule has 4 aromatic rings. The highest BCUT2D eigenvalue weighted by molar-refractivity contribution is 5.86. The van der Waals surface area contributed by atoms with Gasteiger partial charge in [-0.25, -0.2) is 4.79 Å². The van der Waals surface area contributed by atoms with Gasteiger partial charge < -0.3 is 16.2 Å². The van der Waals surface area contributed by atoms with Crippen molar-refractivity contribution in [1.82, 2.24) is 10.6 Å². The first kappa shape index (κ1) is 30.7. The minimum absolute atomic E-state index is 0.315. The van der Waals surface area contributed by atoms with Crippen molar-refractivity contribution in [3.63, 3.8) is 0 Å². The summed E-state index contributed by atoms with van der Waals surface area (Å²) < 4.78 is 0. The second kappa shape index (κ2) is 15.1. The van der Waals surface area contributed by atoms with Gasteiger partial charge in [0.05, 0.1) is 11.6 Å². The average Bonchev–Trinajstić information content (AvgIpc) is 3.03. The zero-order chi connectivity index (χ0) is 29.8. The highest BCUT2D eigenvalue weighted by Crippen LogP contribution is 2.37. The molecule has 1 amide bonds. The summed E-state index contributed by atoms with van der Waals surface area (Å²) in [4.78, 5) is 24.7. The molecule has 0 unspecified atom stereocenters. The van der Waals surface area contributed by atoms with Gasteiger partial charge in [0.15, 0.2) is 0 Å². The quantitative estimate of drug-likeness (QED) is 0.114. The molecule has 0 aromatic heterocycles. The minimum Gasteiger partial charge on any atom is -0.480 e. The summed E-state index contributed by atoms with van der Waals surface area (Å²) >= 11 is 0. The summed E-state index contributed by atoms with van der Waals surface area (Å²) in [6, 6.07) is 37.2. The topological polar surface area (TPSA) is 104 Å². The first-order chi connectivity index (χ1) is 20.4. The molecule has 0 heterocycles. The van der Waals surface area contributed by atoms with Crippen LogP contribution in [0.5, 0.6) is 0 Å². The molecule has 0 aliphatic heterocycles. The number of nitrogens with two attached hydrogens (primary N) is 1. The van der Waals surface area contributed by atoms with Crippen LogP contribution >= 0.6 is 0 Å². The number of amides is 1. The Balaban J connectivity index is 1.45. The third-order valence-electron chi connectivity index (χ3n) is 7.77. The van der Waals surface area contributed by atoms with Gasteiger partial charge in [0.2, 0.25) is 5.91 Å². The van der Waals surface area contributed by atoms with Gasteiger partial charge in [-0.05, 0) is 66.5 Å². The lowest BCUT2D eigenvalue weighted by molar-refractivity contribution is -0.142. The Morgan fingerprint density at radius 1 is 0.738 bits per heavy atom. The molecule has 4 aromatic carbocycles. The third kappa shape index (κ3) is 7.72. The first-order valence-electron chi connectivity index (χ1n) is 14.7. The predicted molar refractivity (Wildman–Crippen MR) is 168 cm³/mol. The van der Waals surface area contributed by atoms with Crippen molar-refractivity contribution in [1.29, 1.82) is 0 Å². The van der Waals surface area contributed by atoms with E-state index in [0.717, 1.165) is 35.1 Å². The van der Waals surface area contributed by atoms with Crippen LogP contribution in [0.25, 0.3) is 0 Å². The molecule has 4 rings (SSSR count). The van der Waals surface area contributed by atoms with E-state index in [1.165, 1.54) is 5.56 Å². The Bertz CT molecular complexity index is 1350. The summed E-state index contributed by atoms with van der Waals surface area (Å²) in [5, 5.41) is 16.3. The maximum atomic E-state index is 12.7. The SMILES string of the molecule is CCc1ccc(C(NCCCC[C@H](NC(=O)[C@@H](N)Cc2ccccc2)C(=O)O)(c2ccccc2)c2ccccc2)cc1. The van der Waals surface area contributed by atoms with Gasteiger partial charge in [-0.15, -0.1) is 0 Å². The van der Waals surface area contributed by atoms with Crippen LogP contribution in [0.4, 0.5) is 0 Å². The van der Waals surface area contributed by atoms with E-state index < -0.39 is 29.5 Å². The van der Waals surface area contributed by atoms with Gasteiger partial charge in [-0.1, -0.05) is 122 Å². The van der Waals surface area contributed by atoms with Crippen LogP contribution in [-0.2, 0) is 28.0 Å². The van der Waals surface area contributed by atoms with Crippen molar-refractivity contribution in [3.8, 4) is 0 Å². The van der Waals surface area contributed by atoms with Gasteiger partial charge >= 0.3 is 5.97 Å². The van der Waals surface area contributed by atoms with E-state index >= 15 is 0 Å². The number of aryl methyl sites for hydroxylation is 1. The predicted octanol–water partition coefficient (Wildman–Crippen LogP) is 5.44. The number of hydrogen-bond acceptors (Lipinski definition) is 4. The molecule has 0 aliphatic carbocycles. The van der Waals surface area contributed by atoms with Gasteiger partial charge in [0.25, 0.3) is 0 Å². The maximum Gasteiger partial charge on any atom is 0.326 e. The van der Waals surface area contributed by atoms with Crippen molar-refractivity contribution in [2.24, 2.45) is 5.73 Å². The van der Waals surface area contributed by atoms with Crippen LogP contribution in [0.1, 0.15) is 54.0 Å². The van der Waals surface area contributed by atoms with E-state index in [2.05, 4.69) is 90.4 Å². The smallest absolute Gasteiger partial charge is 0.326 e. The number of carbonyl (C=O) groups excluding carboxylic acids is 1. The summed E-state index contributed by atoms with van der Waals surface area (Å²) in [6.45, 7) is 2.80. The molecule has 5 N–H and O–H groups in total. The molecule has 42 heavy (non-hydrogen) atoms. The molecule has 0 bridgehead atoms. The van der Waals surface area contributed by atoms with Crippen LogP contribution in [0, 0.1) is 0 Å². The van der Waals surface area contributed by atoms with Crippen molar-refractivity contribution >= 4 is 11.9 Å². The molecule has 0 aliphatic rings. The molecular weight excluding hydrogens is 522 g/mol. The second-order valence-corrected chi connectivity index (χ2v) is 10.7. The summed E-state index contributed by atoms with van der Waals surface area (Å²) in [6.07, 6.45) is 2.98. The number of carbonyl (C=O) groups is 2. The van der Waals surface area contributed by atoms with Crippen molar-refractivity contribution in [2.45, 2.75) is 56.7 Å². The summed E-state index contributed by atoms with van der Waals surface area (Å²) in [7, 11) is 0. The largest absolute Gasteiger partial charge is 0.480 e. The number of carboxylic acid groups (broad SMARTS) is 1. The van der Waals surface area contributed by atoms with E-state index in [0.29, 0.717) is 25.8 Å². The maximum absolute atomic E-state index is 12.7. The fraction of sp³-hybridized carbons (Fsp3) is 0.278. The normalized spacial score (nSPS) is 12.8. The molecule has 218 valence electrons. The molecule has 0 saturated carbocycles. The van der Waals surface area contributed by atoms with Gasteiger partial charge in [0, 0.05) is 0 Å². The molecule has 2 atom stereocenters. The summed E-state index contributed by atoms with van der Waals surface area (Å²) in [5.74, 6) is -1.51. The Labute approximate surface area is 249 Å². The number of aliphatic carboxylic acids is 1. The van der Waals surface area contributed by atoms with Crippen LogP contribution in [0.15, 0.2) is 115 Å². The highest BCUT2D eigenvalue weighted by Gasteiger charge is 2.35. The van der Waals surface area contributed by atoms with Crippen LogP contribution < -0.4 is 16.4 Å². The molecule has 6 heteroatoms. The lowest BCUT2D eigenvalue weighted by atomic mass is 9.76. The van der Waals surface area contributed by atoms with E-state index in [4.69, 9.17) is 5.73 Å². The monoisotopic (exact) mass is 563 g/mol. The van der Waals surface area contributed by atoms with Crippen LogP contribution in [-0.4, -0.2) is 35.6 Å². The fourth-order valence-corrected chi connectivity index (χ4v) is 5.42. The lowest BCUT2D eigenvalue weighted by Gasteiger charge is -2.37. The number of carboxylic acids is 1. The Hall–Kier alpha value is -4.26. The highest BCUT2D eigenvalue weighted by atomic mass is 16.4. The summed E-state index contributed by atoms with van der Waals surface area (Å²) in [5.41, 5.74) is 11.1. The molecule has 6 nitrogen and oxygen atoms in total. The first-order valence-corrected chi connectivity index (χ1v) is 14.7.